The van der Waals surface area contributed by atoms with Crippen molar-refractivity contribution in [3.63, 3.8) is 0 Å². The van der Waals surface area contributed by atoms with E-state index in [-0.39, 0.29) is 5.91 Å². The van der Waals surface area contributed by atoms with Gasteiger partial charge in [-0.05, 0) is 12.1 Å². The van der Waals surface area contributed by atoms with E-state index in [9.17, 15) is 4.79 Å². The molecule has 0 saturated carbocycles. The summed E-state index contributed by atoms with van der Waals surface area (Å²) in [5, 5.41) is 1.40. The molecule has 1 N–H and O–H groups in total. The third kappa shape index (κ3) is 1.79. The van der Waals surface area contributed by atoms with E-state index in [1.807, 2.05) is 0 Å². The highest BCUT2D eigenvalue weighted by Gasteiger charge is 2.08. The largest absolute Gasteiger partial charge is 0.277 e. The fourth-order valence-electron chi connectivity index (χ4n) is 0.784. The van der Waals surface area contributed by atoms with E-state index in [0.29, 0.717) is 5.56 Å². The van der Waals surface area contributed by atoms with E-state index in [0.717, 1.165) is 0 Å². The van der Waals surface area contributed by atoms with Gasteiger partial charge in [-0.2, -0.15) is 0 Å². The van der Waals surface area contributed by atoms with Gasteiger partial charge in [0.25, 0.3) is 5.91 Å². The second-order valence-corrected chi connectivity index (χ2v) is 2.33. The number of nitrogens with zero attached hydrogens (tertiary/aromatic N) is 2. The molecule has 12 heavy (non-hydrogen) atoms. The maximum atomic E-state index is 11.4. The summed E-state index contributed by atoms with van der Waals surface area (Å²) in [5.74, 6) is -0.0920. The zero-order valence-electron chi connectivity index (χ0n) is 7.11. The summed E-state index contributed by atoms with van der Waals surface area (Å²) in [4.78, 5) is 15.2. The standard InChI is InChI=1S/C8H11N3O/c1-9-11(2)8(12)7-4-3-5-10-6-7/h3-6,9H,1-2H3. The molecule has 0 atom stereocenters. The number of aromatic nitrogens is 1. The Labute approximate surface area is 71.2 Å². The van der Waals surface area contributed by atoms with Crippen molar-refractivity contribution in [3.8, 4) is 0 Å². The van der Waals surface area contributed by atoms with Crippen molar-refractivity contribution in [2.24, 2.45) is 0 Å². The van der Waals surface area contributed by atoms with Crippen LogP contribution >= 0.6 is 0 Å². The highest BCUT2D eigenvalue weighted by atomic mass is 16.2. The molecule has 4 heteroatoms. The Morgan fingerprint density at radius 2 is 2.42 bits per heavy atom. The highest BCUT2D eigenvalue weighted by Crippen LogP contribution is 1.98. The first kappa shape index (κ1) is 8.67. The predicted molar refractivity (Wildman–Crippen MR) is 45.4 cm³/mol. The molecule has 0 radical (unpaired) electrons. The molecular weight excluding hydrogens is 154 g/mol. The van der Waals surface area contributed by atoms with Crippen molar-refractivity contribution in [2.75, 3.05) is 14.1 Å². The quantitative estimate of drug-likeness (QED) is 0.640. The molecule has 4 nitrogen and oxygen atoms in total. The van der Waals surface area contributed by atoms with Crippen LogP contribution < -0.4 is 5.43 Å². The molecule has 1 rings (SSSR count). The first-order valence-corrected chi connectivity index (χ1v) is 3.61. The van der Waals surface area contributed by atoms with Gasteiger partial charge in [0.1, 0.15) is 0 Å². The molecule has 0 spiro atoms. The maximum Gasteiger partial charge on any atom is 0.269 e. The van der Waals surface area contributed by atoms with Crippen molar-refractivity contribution in [1.82, 2.24) is 15.4 Å². The molecule has 1 amide bonds. The van der Waals surface area contributed by atoms with Gasteiger partial charge < -0.3 is 0 Å². The predicted octanol–water partition coefficient (Wildman–Crippen LogP) is 0.288. The third-order valence-electron chi connectivity index (χ3n) is 1.55. The van der Waals surface area contributed by atoms with E-state index in [1.165, 1.54) is 11.2 Å². The lowest BCUT2D eigenvalue weighted by Gasteiger charge is -2.14. The molecule has 1 aromatic rings. The molecule has 0 unspecified atom stereocenters. The number of nitrogens with one attached hydrogen (secondary N) is 1. The fraction of sp³-hybridized carbons (Fsp3) is 0.250. The van der Waals surface area contributed by atoms with Crippen LogP contribution in [0, 0.1) is 0 Å². The molecule has 0 bridgehead atoms. The first-order chi connectivity index (χ1) is 5.75. The zero-order chi connectivity index (χ0) is 8.97. The zero-order valence-corrected chi connectivity index (χ0v) is 7.11. The number of carbonyl (C=O) groups is 1. The number of amides is 1. The number of rotatable bonds is 2. The topological polar surface area (TPSA) is 45.2 Å². The number of hydrogen-bond donors (Lipinski definition) is 1. The van der Waals surface area contributed by atoms with E-state index in [1.54, 1.807) is 32.4 Å². The van der Waals surface area contributed by atoms with Crippen LogP contribution in [0.15, 0.2) is 24.5 Å². The molecule has 64 valence electrons. The Morgan fingerprint density at radius 3 is 2.92 bits per heavy atom. The monoisotopic (exact) mass is 165 g/mol. The molecule has 0 aromatic carbocycles. The third-order valence-corrected chi connectivity index (χ3v) is 1.55. The minimum absolute atomic E-state index is 0.0920. The lowest BCUT2D eigenvalue weighted by molar-refractivity contribution is 0.0734. The van der Waals surface area contributed by atoms with Gasteiger partial charge in [0, 0.05) is 26.5 Å². The van der Waals surface area contributed by atoms with E-state index in [2.05, 4.69) is 10.4 Å². The van der Waals surface area contributed by atoms with Gasteiger partial charge in [-0.1, -0.05) is 0 Å². The van der Waals surface area contributed by atoms with Gasteiger partial charge in [0.2, 0.25) is 0 Å². The van der Waals surface area contributed by atoms with Crippen LogP contribution in [0.4, 0.5) is 0 Å². The second kappa shape index (κ2) is 3.82. The molecule has 1 aromatic heterocycles. The van der Waals surface area contributed by atoms with E-state index < -0.39 is 0 Å². The van der Waals surface area contributed by atoms with Crippen LogP contribution in [-0.2, 0) is 0 Å². The summed E-state index contributed by atoms with van der Waals surface area (Å²) in [7, 11) is 3.35. The van der Waals surface area contributed by atoms with Crippen LogP contribution in [0.3, 0.4) is 0 Å². The van der Waals surface area contributed by atoms with E-state index >= 15 is 0 Å². The number of pyridine rings is 1. The minimum Gasteiger partial charge on any atom is -0.277 e. The van der Waals surface area contributed by atoms with Gasteiger partial charge in [-0.3, -0.25) is 14.8 Å². The summed E-state index contributed by atoms with van der Waals surface area (Å²) in [6, 6.07) is 3.46. The molecule has 0 aliphatic rings. The Bertz CT molecular complexity index is 260. The lowest BCUT2D eigenvalue weighted by Crippen LogP contribution is -2.36. The Kier molecular flexibility index (Phi) is 2.76. The van der Waals surface area contributed by atoms with Gasteiger partial charge in [-0.25, -0.2) is 5.43 Å². The highest BCUT2D eigenvalue weighted by molar-refractivity contribution is 5.93. The van der Waals surface area contributed by atoms with Crippen LogP contribution in [-0.4, -0.2) is 30.0 Å². The van der Waals surface area contributed by atoms with Crippen LogP contribution in [0.2, 0.25) is 0 Å². The van der Waals surface area contributed by atoms with Crippen LogP contribution in [0.1, 0.15) is 10.4 Å². The van der Waals surface area contributed by atoms with Crippen LogP contribution in [0.25, 0.3) is 0 Å². The summed E-state index contributed by atoms with van der Waals surface area (Å²) in [6.07, 6.45) is 3.17. The summed E-state index contributed by atoms with van der Waals surface area (Å²) in [5.41, 5.74) is 3.30. The Morgan fingerprint density at radius 1 is 1.67 bits per heavy atom. The first-order valence-electron chi connectivity index (χ1n) is 3.61. The summed E-state index contributed by atoms with van der Waals surface area (Å²) >= 11 is 0. The Hall–Kier alpha value is -1.42. The molecule has 0 saturated heterocycles. The normalized spacial score (nSPS) is 9.50. The molecular formula is C8H11N3O. The van der Waals surface area contributed by atoms with Crippen LogP contribution in [0.5, 0.6) is 0 Å². The van der Waals surface area contributed by atoms with Crippen molar-refractivity contribution in [2.45, 2.75) is 0 Å². The summed E-state index contributed by atoms with van der Waals surface area (Å²) < 4.78 is 0. The average molecular weight is 165 g/mol. The molecule has 1 heterocycles. The van der Waals surface area contributed by atoms with Gasteiger partial charge in [-0.15, -0.1) is 0 Å². The average Bonchev–Trinajstić information content (AvgIpc) is 2.17. The summed E-state index contributed by atoms with van der Waals surface area (Å²) in [6.45, 7) is 0. The van der Waals surface area contributed by atoms with Crippen molar-refractivity contribution in [1.29, 1.82) is 0 Å². The number of carbonyl (C=O) groups excluding carboxylic acids is 1. The molecule has 0 aliphatic carbocycles. The second-order valence-electron chi connectivity index (χ2n) is 2.33. The maximum absolute atomic E-state index is 11.4. The molecule has 0 aliphatic heterocycles. The number of hydrogen-bond acceptors (Lipinski definition) is 3. The lowest BCUT2D eigenvalue weighted by atomic mass is 10.3. The fourth-order valence-corrected chi connectivity index (χ4v) is 0.784. The SMILES string of the molecule is CNN(C)C(=O)c1cccnc1. The smallest absolute Gasteiger partial charge is 0.269 e. The minimum atomic E-state index is -0.0920. The van der Waals surface area contributed by atoms with E-state index in [4.69, 9.17) is 0 Å². The van der Waals surface area contributed by atoms with Gasteiger partial charge in [0.05, 0.1) is 5.56 Å². The number of hydrazine groups is 1. The van der Waals surface area contributed by atoms with Crippen molar-refractivity contribution >= 4 is 5.91 Å². The van der Waals surface area contributed by atoms with Gasteiger partial charge in [0.15, 0.2) is 0 Å². The van der Waals surface area contributed by atoms with Crippen molar-refractivity contribution in [3.05, 3.63) is 30.1 Å². The van der Waals surface area contributed by atoms with Gasteiger partial charge >= 0.3 is 0 Å². The molecule has 0 fully saturated rings. The van der Waals surface area contributed by atoms with Crippen molar-refractivity contribution < 1.29 is 4.79 Å². The Balaban J connectivity index is 2.79.